The highest BCUT2D eigenvalue weighted by Crippen LogP contribution is 2.45. The first-order chi connectivity index (χ1) is 18.5. The number of amides is 1. The Labute approximate surface area is 228 Å². The van der Waals surface area contributed by atoms with Gasteiger partial charge in [-0.15, -0.1) is 0 Å². The summed E-state index contributed by atoms with van der Waals surface area (Å²) in [5.41, 5.74) is 2.04. The number of hydrogen-bond acceptors (Lipinski definition) is 6. The van der Waals surface area contributed by atoms with Crippen LogP contribution in [0.1, 0.15) is 46.1 Å². The van der Waals surface area contributed by atoms with Crippen molar-refractivity contribution in [3.05, 3.63) is 83.1 Å². The van der Waals surface area contributed by atoms with Crippen molar-refractivity contribution in [2.75, 3.05) is 11.4 Å². The maximum absolute atomic E-state index is 13.9. The molecule has 1 aromatic heterocycles. The number of sulfonamides is 1. The molecule has 0 saturated carbocycles. The molecule has 2 aliphatic heterocycles. The Morgan fingerprint density at radius 3 is 2.56 bits per heavy atom. The number of aromatic nitrogens is 2. The highest BCUT2D eigenvalue weighted by molar-refractivity contribution is 7.89. The van der Waals surface area contributed by atoms with Gasteiger partial charge >= 0.3 is 6.18 Å². The third kappa shape index (κ3) is 5.10. The number of alkyl halides is 3. The van der Waals surface area contributed by atoms with E-state index in [-0.39, 0.29) is 41.7 Å². The molecule has 1 saturated heterocycles. The van der Waals surface area contributed by atoms with Gasteiger partial charge in [0.05, 0.1) is 29.7 Å². The third-order valence-electron chi connectivity index (χ3n) is 7.09. The lowest BCUT2D eigenvalue weighted by atomic mass is 9.86. The third-order valence-corrected chi connectivity index (χ3v) is 9.20. The van der Waals surface area contributed by atoms with E-state index in [0.717, 1.165) is 5.56 Å². The van der Waals surface area contributed by atoms with Gasteiger partial charge in [-0.3, -0.25) is 15.0 Å². The number of carbonyl (C=O) groups is 1. The smallest absolute Gasteiger partial charge is 0.339 e. The van der Waals surface area contributed by atoms with Gasteiger partial charge in [0.25, 0.3) is 5.91 Å². The zero-order valence-corrected chi connectivity index (χ0v) is 22.3. The van der Waals surface area contributed by atoms with E-state index in [2.05, 4.69) is 20.3 Å². The van der Waals surface area contributed by atoms with E-state index in [1.54, 1.807) is 41.3 Å². The summed E-state index contributed by atoms with van der Waals surface area (Å²) >= 11 is 4.97. The molecule has 0 bridgehead atoms. The van der Waals surface area contributed by atoms with Gasteiger partial charge in [0.2, 0.25) is 10.0 Å². The summed E-state index contributed by atoms with van der Waals surface area (Å²) in [7, 11) is -4.11. The number of imidazole rings is 1. The quantitative estimate of drug-likeness (QED) is 0.431. The van der Waals surface area contributed by atoms with Gasteiger partial charge < -0.3 is 4.98 Å². The van der Waals surface area contributed by atoms with Crippen molar-refractivity contribution >= 4 is 39.0 Å². The number of aromatic amines is 1. The number of aryl methyl sites for hydroxylation is 1. The largest absolute Gasteiger partial charge is 0.391 e. The van der Waals surface area contributed by atoms with Crippen LogP contribution in [0.4, 0.5) is 19.0 Å². The molecule has 2 aromatic carbocycles. The monoisotopic (exact) mass is 575 g/mol. The number of halogens is 3. The van der Waals surface area contributed by atoms with Gasteiger partial charge in [0.1, 0.15) is 5.69 Å². The second kappa shape index (κ2) is 10.2. The maximum Gasteiger partial charge on any atom is 0.391 e. The Hall–Kier alpha value is -3.51. The lowest BCUT2D eigenvalue weighted by Crippen LogP contribution is -2.45. The highest BCUT2D eigenvalue weighted by atomic mass is 32.2. The lowest BCUT2D eigenvalue weighted by molar-refractivity contribution is -0.187. The van der Waals surface area contributed by atoms with Crippen molar-refractivity contribution in [3.63, 3.8) is 0 Å². The normalized spacial score (nSPS) is 20.4. The molecule has 2 N–H and O–H groups in total. The Morgan fingerprint density at radius 2 is 1.87 bits per heavy atom. The molecule has 1 fully saturated rings. The minimum absolute atomic E-state index is 0.0203. The molecule has 1 amide bonds. The molecule has 0 radical (unpaired) electrons. The van der Waals surface area contributed by atoms with Gasteiger partial charge in [-0.1, -0.05) is 42.0 Å². The molecule has 13 heteroatoms. The van der Waals surface area contributed by atoms with Crippen LogP contribution >= 0.6 is 12.2 Å². The standard InChI is InChI=1S/C26H24F3N5O3S2/c1-16-6-8-19(9-7-16)39(36,37)34-11-10-18(26(27,28)29)12-21(34)20-5-3-2-4-17(20)13-33-22(14-38)32-25(35)23-24(33)31-15-30-23/h2-9,15,18,21H,10-13H2,1H3,(H,30,31)(H,32,35)/t18-,21+/m0/s1. The van der Waals surface area contributed by atoms with E-state index < -0.39 is 40.5 Å². The SMILES string of the molecule is Cc1ccc(S(=O)(=O)N2CC[C@H](C(F)(F)F)C[C@@H]2c2ccccc2CN2C(=C=S)NC(=O)c3[nH]cnc32)cc1. The molecular formula is C26H24F3N5O3S2. The number of nitrogens with one attached hydrogen (secondary N) is 2. The van der Waals surface area contributed by atoms with Crippen molar-refractivity contribution in [2.24, 2.45) is 5.92 Å². The van der Waals surface area contributed by atoms with Crippen molar-refractivity contribution in [3.8, 4) is 0 Å². The minimum atomic E-state index is -4.47. The molecule has 204 valence electrons. The van der Waals surface area contributed by atoms with Crippen LogP contribution in [0, 0.1) is 12.8 Å². The van der Waals surface area contributed by atoms with E-state index in [1.165, 1.54) is 22.8 Å². The summed E-state index contributed by atoms with van der Waals surface area (Å²) in [5.74, 6) is -1.68. The Balaban J connectivity index is 1.58. The van der Waals surface area contributed by atoms with Crippen LogP contribution in [0.25, 0.3) is 0 Å². The maximum atomic E-state index is 13.9. The van der Waals surface area contributed by atoms with Crippen LogP contribution in [-0.4, -0.2) is 46.3 Å². The fourth-order valence-corrected chi connectivity index (χ4v) is 6.86. The first kappa shape index (κ1) is 27.1. The highest BCUT2D eigenvalue weighted by Gasteiger charge is 2.48. The molecule has 5 rings (SSSR count). The van der Waals surface area contributed by atoms with Crippen LogP contribution in [0.15, 0.2) is 65.6 Å². The van der Waals surface area contributed by atoms with Crippen LogP contribution < -0.4 is 10.2 Å². The summed E-state index contributed by atoms with van der Waals surface area (Å²) in [5, 5.41) is 5.13. The summed E-state index contributed by atoms with van der Waals surface area (Å²) < 4.78 is 70.4. The number of benzene rings is 2. The first-order valence-corrected chi connectivity index (χ1v) is 14.0. The van der Waals surface area contributed by atoms with Crippen LogP contribution in [0.5, 0.6) is 0 Å². The van der Waals surface area contributed by atoms with Crippen LogP contribution in [0.3, 0.4) is 0 Å². The van der Waals surface area contributed by atoms with Gasteiger partial charge in [0, 0.05) is 6.54 Å². The van der Waals surface area contributed by atoms with Gasteiger partial charge in [0.15, 0.2) is 11.6 Å². The average Bonchev–Trinajstić information content (AvgIpc) is 3.41. The van der Waals surface area contributed by atoms with Crippen molar-refractivity contribution in [1.29, 1.82) is 0 Å². The molecule has 3 aromatic rings. The Bertz CT molecular complexity index is 1560. The number of anilines is 1. The molecule has 39 heavy (non-hydrogen) atoms. The summed E-state index contributed by atoms with van der Waals surface area (Å²) in [4.78, 5) is 21.0. The topological polar surface area (TPSA) is 98.4 Å². The second-order valence-electron chi connectivity index (χ2n) is 9.50. The van der Waals surface area contributed by atoms with Crippen molar-refractivity contribution in [2.45, 2.75) is 43.4 Å². The second-order valence-corrected chi connectivity index (χ2v) is 11.6. The number of H-pyrrole nitrogens is 1. The molecule has 3 heterocycles. The van der Waals surface area contributed by atoms with Crippen molar-refractivity contribution in [1.82, 2.24) is 19.6 Å². The minimum Gasteiger partial charge on any atom is -0.339 e. The summed E-state index contributed by atoms with van der Waals surface area (Å²) in [6, 6.07) is 11.9. The number of thiocarbonyl (C=S) groups is 1. The van der Waals surface area contributed by atoms with E-state index >= 15 is 0 Å². The molecule has 2 atom stereocenters. The predicted octanol–water partition coefficient (Wildman–Crippen LogP) is 4.61. The zero-order chi connectivity index (χ0) is 27.9. The zero-order valence-electron chi connectivity index (χ0n) is 20.7. The molecule has 8 nitrogen and oxygen atoms in total. The fraction of sp³-hybridized carbons (Fsp3) is 0.308. The Kier molecular flexibility index (Phi) is 7.10. The first-order valence-electron chi connectivity index (χ1n) is 12.1. The van der Waals surface area contributed by atoms with E-state index in [4.69, 9.17) is 12.2 Å². The molecule has 0 aliphatic carbocycles. The lowest BCUT2D eigenvalue weighted by Gasteiger charge is -2.40. The van der Waals surface area contributed by atoms with Crippen LogP contribution in [0.2, 0.25) is 0 Å². The number of fused-ring (bicyclic) bond motifs is 1. The molecular weight excluding hydrogens is 551 g/mol. The van der Waals surface area contributed by atoms with E-state index in [0.29, 0.717) is 11.1 Å². The van der Waals surface area contributed by atoms with E-state index in [1.807, 2.05) is 6.92 Å². The predicted molar refractivity (Wildman–Crippen MR) is 141 cm³/mol. The van der Waals surface area contributed by atoms with Crippen LogP contribution in [-0.2, 0) is 16.6 Å². The number of rotatable bonds is 5. The summed E-state index contributed by atoms with van der Waals surface area (Å²) in [6.45, 7) is 1.59. The van der Waals surface area contributed by atoms with E-state index in [9.17, 15) is 26.4 Å². The molecule has 2 aliphatic rings. The average molecular weight is 576 g/mol. The van der Waals surface area contributed by atoms with Gasteiger partial charge in [-0.2, -0.15) is 17.5 Å². The molecule has 0 unspecified atom stereocenters. The number of nitrogens with zero attached hydrogens (tertiary/aromatic N) is 3. The van der Waals surface area contributed by atoms with Crippen molar-refractivity contribution < 1.29 is 26.4 Å². The fourth-order valence-electron chi connectivity index (χ4n) is 5.07. The van der Waals surface area contributed by atoms with Gasteiger partial charge in [-0.05, 0) is 60.3 Å². The molecule has 0 spiro atoms. The number of hydrogen-bond donors (Lipinski definition) is 2. The Morgan fingerprint density at radius 1 is 1.15 bits per heavy atom. The van der Waals surface area contributed by atoms with Gasteiger partial charge in [-0.25, -0.2) is 13.4 Å². The number of piperidine rings is 1. The summed E-state index contributed by atoms with van der Waals surface area (Å²) in [6.07, 6.45) is -3.88. The number of carbonyl (C=O) groups excluding carboxylic acids is 1.